The molecule has 0 saturated heterocycles. The molecule has 0 aliphatic rings. The van der Waals surface area contributed by atoms with Crippen LogP contribution in [0.25, 0.3) is 16.9 Å². The van der Waals surface area contributed by atoms with Crippen LogP contribution in [0.2, 0.25) is 0 Å². The van der Waals surface area contributed by atoms with E-state index >= 15 is 0 Å². The molecule has 0 saturated carbocycles. The van der Waals surface area contributed by atoms with E-state index in [0.29, 0.717) is 22.9 Å². The Morgan fingerprint density at radius 2 is 1.83 bits per heavy atom. The Hall–Kier alpha value is -2.75. The van der Waals surface area contributed by atoms with Gasteiger partial charge in [0, 0.05) is 11.8 Å². The number of halogens is 1. The van der Waals surface area contributed by atoms with Crippen molar-refractivity contribution in [3.8, 4) is 16.9 Å². The lowest BCUT2D eigenvalue weighted by Crippen LogP contribution is -1.98. The average Bonchev–Trinajstić information content (AvgIpc) is 2.99. The summed E-state index contributed by atoms with van der Waals surface area (Å²) in [6.07, 6.45) is 3.31. The van der Waals surface area contributed by atoms with Gasteiger partial charge in [-0.15, -0.1) is 0 Å². The maximum atomic E-state index is 13.9. The molecule has 24 heavy (non-hydrogen) atoms. The van der Waals surface area contributed by atoms with E-state index in [0.717, 1.165) is 18.3 Å². The second-order valence-corrected chi connectivity index (χ2v) is 6.24. The van der Waals surface area contributed by atoms with Gasteiger partial charge in [0.05, 0.1) is 5.56 Å². The van der Waals surface area contributed by atoms with E-state index in [9.17, 15) is 9.18 Å². The highest BCUT2D eigenvalue weighted by Gasteiger charge is 2.13. The molecule has 3 aromatic rings. The Balaban J connectivity index is 1.99. The van der Waals surface area contributed by atoms with Crippen LogP contribution in [0.4, 0.5) is 4.39 Å². The molecule has 0 radical (unpaired) electrons. The smallest absolute Gasteiger partial charge is 0.153 e. The third-order valence-corrected chi connectivity index (χ3v) is 3.84. The minimum atomic E-state index is -0.378. The minimum Gasteiger partial charge on any atom is -0.298 e. The van der Waals surface area contributed by atoms with Crippen LogP contribution in [-0.2, 0) is 6.42 Å². The van der Waals surface area contributed by atoms with Gasteiger partial charge in [0.15, 0.2) is 6.29 Å². The van der Waals surface area contributed by atoms with Gasteiger partial charge in [-0.2, -0.15) is 5.10 Å². The summed E-state index contributed by atoms with van der Waals surface area (Å²) in [6, 6.07) is 14.4. The van der Waals surface area contributed by atoms with Crippen LogP contribution in [0.3, 0.4) is 0 Å². The summed E-state index contributed by atoms with van der Waals surface area (Å²) in [6.45, 7) is 4.35. The Labute approximate surface area is 140 Å². The second-order valence-electron chi connectivity index (χ2n) is 6.24. The van der Waals surface area contributed by atoms with Gasteiger partial charge in [0.1, 0.15) is 17.2 Å². The van der Waals surface area contributed by atoms with E-state index in [-0.39, 0.29) is 5.82 Å². The standard InChI is InChI=1S/C20H19FN2O/c1-14(2)11-15-7-9-16(10-8-15)20-17(13-24)12-23(22-20)19-6-4-3-5-18(19)21/h3-10,12-14H,11H2,1-2H3. The van der Waals surface area contributed by atoms with E-state index in [2.05, 4.69) is 18.9 Å². The molecule has 0 amide bonds. The zero-order chi connectivity index (χ0) is 17.1. The van der Waals surface area contributed by atoms with E-state index in [1.165, 1.54) is 16.3 Å². The van der Waals surface area contributed by atoms with Gasteiger partial charge in [0.25, 0.3) is 0 Å². The van der Waals surface area contributed by atoms with Crippen molar-refractivity contribution in [1.29, 1.82) is 0 Å². The number of hydrogen-bond donors (Lipinski definition) is 0. The number of carbonyl (C=O) groups excluding carboxylic acids is 1. The van der Waals surface area contributed by atoms with Crippen LogP contribution >= 0.6 is 0 Å². The van der Waals surface area contributed by atoms with E-state index in [4.69, 9.17) is 0 Å². The first-order valence-electron chi connectivity index (χ1n) is 7.97. The van der Waals surface area contributed by atoms with Gasteiger partial charge in [0.2, 0.25) is 0 Å². The number of nitrogens with zero attached hydrogens (tertiary/aromatic N) is 2. The molecule has 0 spiro atoms. The Kier molecular flexibility index (Phi) is 4.56. The normalized spacial score (nSPS) is 11.0. The van der Waals surface area contributed by atoms with Crippen molar-refractivity contribution in [3.63, 3.8) is 0 Å². The first-order valence-corrected chi connectivity index (χ1v) is 7.97. The van der Waals surface area contributed by atoms with Crippen molar-refractivity contribution < 1.29 is 9.18 Å². The summed E-state index contributed by atoms with van der Waals surface area (Å²) in [4.78, 5) is 11.4. The average molecular weight is 322 g/mol. The molecule has 0 fully saturated rings. The van der Waals surface area contributed by atoms with Gasteiger partial charge in [-0.3, -0.25) is 4.79 Å². The number of aromatic nitrogens is 2. The summed E-state index contributed by atoms with van der Waals surface area (Å²) in [5, 5.41) is 4.42. The Morgan fingerprint density at radius 1 is 1.12 bits per heavy atom. The largest absolute Gasteiger partial charge is 0.298 e. The fraction of sp³-hybridized carbons (Fsp3) is 0.200. The molecule has 1 aromatic heterocycles. The molecule has 0 unspecified atom stereocenters. The number of para-hydroxylation sites is 1. The van der Waals surface area contributed by atoms with Gasteiger partial charge < -0.3 is 0 Å². The summed E-state index contributed by atoms with van der Waals surface area (Å²) in [7, 11) is 0. The predicted octanol–water partition coefficient (Wildman–Crippen LogP) is 4.69. The molecule has 0 aliphatic heterocycles. The molecule has 1 heterocycles. The molecule has 2 aromatic carbocycles. The first-order chi connectivity index (χ1) is 11.6. The Bertz CT molecular complexity index is 850. The first kappa shape index (κ1) is 16.1. The van der Waals surface area contributed by atoms with Crippen LogP contribution in [0.15, 0.2) is 54.7 Å². The van der Waals surface area contributed by atoms with Crippen LogP contribution in [0.1, 0.15) is 29.8 Å². The van der Waals surface area contributed by atoms with Crippen molar-refractivity contribution in [2.24, 2.45) is 5.92 Å². The highest BCUT2D eigenvalue weighted by molar-refractivity contribution is 5.85. The van der Waals surface area contributed by atoms with Gasteiger partial charge in [-0.1, -0.05) is 50.2 Å². The summed E-state index contributed by atoms with van der Waals surface area (Å²) < 4.78 is 15.4. The third kappa shape index (κ3) is 3.27. The predicted molar refractivity (Wildman–Crippen MR) is 92.9 cm³/mol. The fourth-order valence-corrected chi connectivity index (χ4v) is 2.73. The number of carbonyl (C=O) groups is 1. The molecular formula is C20H19FN2O. The van der Waals surface area contributed by atoms with Crippen LogP contribution in [-0.4, -0.2) is 16.1 Å². The minimum absolute atomic E-state index is 0.322. The van der Waals surface area contributed by atoms with Crippen LogP contribution in [0, 0.1) is 11.7 Å². The lowest BCUT2D eigenvalue weighted by molar-refractivity contribution is 0.112. The van der Waals surface area contributed by atoms with Crippen LogP contribution < -0.4 is 0 Å². The SMILES string of the molecule is CC(C)Cc1ccc(-c2nn(-c3ccccc3F)cc2C=O)cc1. The van der Waals surface area contributed by atoms with Crippen molar-refractivity contribution in [2.75, 3.05) is 0 Å². The maximum Gasteiger partial charge on any atom is 0.153 e. The van der Waals surface area contributed by atoms with Crippen molar-refractivity contribution in [2.45, 2.75) is 20.3 Å². The van der Waals surface area contributed by atoms with E-state index in [1.807, 2.05) is 24.3 Å². The maximum absolute atomic E-state index is 13.9. The van der Waals surface area contributed by atoms with Gasteiger partial charge >= 0.3 is 0 Å². The molecule has 0 aliphatic carbocycles. The van der Waals surface area contributed by atoms with E-state index < -0.39 is 0 Å². The quantitative estimate of drug-likeness (QED) is 0.639. The molecule has 0 N–H and O–H groups in total. The number of hydrogen-bond acceptors (Lipinski definition) is 2. The Morgan fingerprint density at radius 3 is 2.46 bits per heavy atom. The highest BCUT2D eigenvalue weighted by Crippen LogP contribution is 2.24. The second kappa shape index (κ2) is 6.79. The molecule has 4 heteroatoms. The van der Waals surface area contributed by atoms with Gasteiger partial charge in [-0.05, 0) is 30.0 Å². The zero-order valence-corrected chi connectivity index (χ0v) is 13.7. The van der Waals surface area contributed by atoms with Crippen molar-refractivity contribution in [3.05, 3.63) is 71.7 Å². The molecule has 3 rings (SSSR count). The number of aldehydes is 1. The monoisotopic (exact) mass is 322 g/mol. The molecule has 3 nitrogen and oxygen atoms in total. The number of benzene rings is 2. The highest BCUT2D eigenvalue weighted by atomic mass is 19.1. The molecular weight excluding hydrogens is 303 g/mol. The molecule has 0 bridgehead atoms. The number of rotatable bonds is 5. The molecule has 0 atom stereocenters. The topological polar surface area (TPSA) is 34.9 Å². The summed E-state index contributed by atoms with van der Waals surface area (Å²) in [5.41, 5.74) is 3.41. The summed E-state index contributed by atoms with van der Waals surface area (Å²) in [5.74, 6) is 0.206. The lowest BCUT2D eigenvalue weighted by Gasteiger charge is -2.06. The van der Waals surface area contributed by atoms with Gasteiger partial charge in [-0.25, -0.2) is 9.07 Å². The van der Waals surface area contributed by atoms with Crippen molar-refractivity contribution in [1.82, 2.24) is 9.78 Å². The lowest BCUT2D eigenvalue weighted by atomic mass is 10.0. The molecule has 122 valence electrons. The summed E-state index contributed by atoms with van der Waals surface area (Å²) >= 11 is 0. The van der Waals surface area contributed by atoms with E-state index in [1.54, 1.807) is 24.4 Å². The zero-order valence-electron chi connectivity index (χ0n) is 13.7. The third-order valence-electron chi connectivity index (χ3n) is 3.84. The fourth-order valence-electron chi connectivity index (χ4n) is 2.73. The van der Waals surface area contributed by atoms with Crippen LogP contribution in [0.5, 0.6) is 0 Å². The van der Waals surface area contributed by atoms with Crippen molar-refractivity contribution >= 4 is 6.29 Å².